The van der Waals surface area contributed by atoms with Crippen molar-refractivity contribution in [3.8, 4) is 5.75 Å². The van der Waals surface area contributed by atoms with Crippen LogP contribution in [0.15, 0.2) is 34.0 Å². The number of phosphoric acid groups is 1. The van der Waals surface area contributed by atoms with Crippen molar-refractivity contribution in [3.63, 3.8) is 0 Å². The number of halogens is 1. The van der Waals surface area contributed by atoms with Gasteiger partial charge >= 0.3 is 13.5 Å². The molecule has 1 unspecified atom stereocenters. The number of hydrogen-bond acceptors (Lipinski definition) is 7. The largest absolute Gasteiger partial charge is 0.530 e. The number of aromatic amines is 1. The van der Waals surface area contributed by atoms with Gasteiger partial charge in [-0.25, -0.2) is 13.8 Å². The lowest BCUT2D eigenvalue weighted by atomic mass is 10.1. The second-order valence-corrected chi connectivity index (χ2v) is 8.61. The van der Waals surface area contributed by atoms with E-state index in [1.165, 1.54) is 13.1 Å². The van der Waals surface area contributed by atoms with Gasteiger partial charge in [0.1, 0.15) is 24.3 Å². The number of H-pyrrole nitrogens is 1. The summed E-state index contributed by atoms with van der Waals surface area (Å²) in [5, 5.41) is 0. The van der Waals surface area contributed by atoms with Crippen molar-refractivity contribution < 1.29 is 27.3 Å². The first-order valence-electron chi connectivity index (χ1n) is 9.04. The van der Waals surface area contributed by atoms with Crippen LogP contribution in [0.4, 0.5) is 4.39 Å². The zero-order valence-corrected chi connectivity index (χ0v) is 16.7. The highest BCUT2D eigenvalue weighted by atomic mass is 31.2. The molecule has 3 heterocycles. The summed E-state index contributed by atoms with van der Waals surface area (Å²) in [5.74, 6) is 0.400. The number of rotatable bonds is 4. The Labute approximate surface area is 165 Å². The molecule has 156 valence electrons. The molecular formula is C18H20FN2O7P. The number of aryl methyl sites for hydroxylation is 2. The molecule has 1 aromatic carbocycles. The number of nitrogens with one attached hydrogen (secondary N) is 1. The van der Waals surface area contributed by atoms with Crippen molar-refractivity contribution in [2.45, 2.75) is 45.4 Å². The summed E-state index contributed by atoms with van der Waals surface area (Å²) in [6, 6.07) is 5.30. The molecule has 11 heteroatoms. The fourth-order valence-electron chi connectivity index (χ4n) is 3.27. The van der Waals surface area contributed by atoms with Crippen LogP contribution in [-0.2, 0) is 25.0 Å². The van der Waals surface area contributed by atoms with Crippen LogP contribution >= 0.6 is 7.82 Å². The fourth-order valence-corrected chi connectivity index (χ4v) is 4.48. The van der Waals surface area contributed by atoms with Crippen molar-refractivity contribution in [1.29, 1.82) is 0 Å². The molecule has 1 aromatic heterocycles. The van der Waals surface area contributed by atoms with E-state index in [-0.39, 0.29) is 19.6 Å². The van der Waals surface area contributed by atoms with Gasteiger partial charge in [-0.3, -0.25) is 23.4 Å². The third-order valence-electron chi connectivity index (χ3n) is 4.96. The summed E-state index contributed by atoms with van der Waals surface area (Å²) in [6.07, 6.45) is -2.26. The minimum atomic E-state index is -3.92. The molecule has 0 spiro atoms. The van der Waals surface area contributed by atoms with E-state index in [4.69, 9.17) is 18.3 Å². The summed E-state index contributed by atoms with van der Waals surface area (Å²) in [4.78, 5) is 25.6. The number of phosphoric ester groups is 1. The first-order valence-corrected chi connectivity index (χ1v) is 10.5. The van der Waals surface area contributed by atoms with E-state index in [0.717, 1.165) is 15.7 Å². The average Bonchev–Trinajstić information content (AvgIpc) is 3.03. The Bertz CT molecular complexity index is 1100. The quantitative estimate of drug-likeness (QED) is 0.749. The van der Waals surface area contributed by atoms with E-state index in [1.807, 2.05) is 13.0 Å². The Hall–Kier alpha value is -2.26. The molecule has 2 aliphatic rings. The maximum Gasteiger partial charge on any atom is 0.530 e. The Morgan fingerprint density at radius 2 is 2.10 bits per heavy atom. The molecule has 0 saturated carbocycles. The maximum absolute atomic E-state index is 14.4. The molecule has 1 fully saturated rings. The van der Waals surface area contributed by atoms with E-state index in [2.05, 4.69) is 4.98 Å². The molecule has 9 nitrogen and oxygen atoms in total. The van der Waals surface area contributed by atoms with Gasteiger partial charge in [-0.1, -0.05) is 12.1 Å². The van der Waals surface area contributed by atoms with Gasteiger partial charge in [0.05, 0.1) is 13.2 Å². The van der Waals surface area contributed by atoms with Crippen molar-refractivity contribution in [2.75, 3.05) is 6.61 Å². The van der Waals surface area contributed by atoms with Crippen molar-refractivity contribution >= 4 is 7.82 Å². The third-order valence-corrected chi connectivity index (χ3v) is 6.29. The summed E-state index contributed by atoms with van der Waals surface area (Å²) < 4.78 is 49.8. The lowest BCUT2D eigenvalue weighted by molar-refractivity contribution is -0.0370. The van der Waals surface area contributed by atoms with Crippen LogP contribution in [0, 0.1) is 13.8 Å². The van der Waals surface area contributed by atoms with Crippen molar-refractivity contribution in [3.05, 3.63) is 61.9 Å². The topological polar surface area (TPSA) is 109 Å². The summed E-state index contributed by atoms with van der Waals surface area (Å²) >= 11 is 0. The number of benzene rings is 1. The molecule has 0 amide bonds. The van der Waals surface area contributed by atoms with Gasteiger partial charge in [-0.15, -0.1) is 0 Å². The Balaban J connectivity index is 1.43. The minimum Gasteiger partial charge on any atom is -0.404 e. The van der Waals surface area contributed by atoms with Gasteiger partial charge < -0.3 is 9.26 Å². The van der Waals surface area contributed by atoms with Gasteiger partial charge in [0.2, 0.25) is 0 Å². The van der Waals surface area contributed by atoms with Crippen LogP contribution in [0.3, 0.4) is 0 Å². The molecule has 2 aliphatic heterocycles. The molecule has 0 aliphatic carbocycles. The van der Waals surface area contributed by atoms with E-state index in [1.54, 1.807) is 12.1 Å². The summed E-state index contributed by atoms with van der Waals surface area (Å²) in [5.41, 5.74) is 0.794. The number of nitrogens with zero attached hydrogens (tertiary/aromatic N) is 1. The van der Waals surface area contributed by atoms with E-state index in [0.29, 0.717) is 11.3 Å². The Morgan fingerprint density at radius 3 is 2.90 bits per heavy atom. The highest BCUT2D eigenvalue weighted by molar-refractivity contribution is 7.49. The molecule has 29 heavy (non-hydrogen) atoms. The molecule has 0 radical (unpaired) electrons. The monoisotopic (exact) mass is 426 g/mol. The molecule has 2 aromatic rings. The third kappa shape index (κ3) is 3.93. The first-order chi connectivity index (χ1) is 13.8. The number of aromatic nitrogens is 2. The van der Waals surface area contributed by atoms with Crippen LogP contribution in [-0.4, -0.2) is 28.4 Å². The first kappa shape index (κ1) is 20.0. The number of hydrogen-bond donors (Lipinski definition) is 1. The van der Waals surface area contributed by atoms with Crippen LogP contribution in [0.5, 0.6) is 5.75 Å². The van der Waals surface area contributed by atoms with Gasteiger partial charge in [0.15, 0.2) is 0 Å². The van der Waals surface area contributed by atoms with E-state index in [9.17, 15) is 18.5 Å². The normalized spacial score (nSPS) is 28.7. The highest BCUT2D eigenvalue weighted by Crippen LogP contribution is 2.55. The highest BCUT2D eigenvalue weighted by Gasteiger charge is 2.41. The molecular weight excluding hydrogens is 406 g/mol. The zero-order chi connectivity index (χ0) is 20.8. The minimum absolute atomic E-state index is 0.0541. The van der Waals surface area contributed by atoms with Gasteiger partial charge in [-0.05, 0) is 25.5 Å². The second kappa shape index (κ2) is 7.53. The molecule has 1 N–H and O–H groups in total. The number of alkyl halides is 1. The predicted octanol–water partition coefficient (Wildman–Crippen LogP) is 2.51. The SMILES string of the molecule is Cc1cccc2c1COP(=O)(OC[C@H]1O[C@@H](n3cc(C)c(=O)[nH]c3=O)C[C@H]1F)O2. The Morgan fingerprint density at radius 1 is 1.31 bits per heavy atom. The average molecular weight is 426 g/mol. The lowest BCUT2D eigenvalue weighted by Crippen LogP contribution is -2.33. The molecule has 4 atom stereocenters. The predicted molar refractivity (Wildman–Crippen MR) is 99.6 cm³/mol. The standard InChI is InChI=1S/C18H20FN2O7P/c1-10-4-3-5-14-12(10)8-25-29(24,28-14)26-9-15-13(19)6-16(27-15)21-7-11(2)17(22)20-18(21)23/h3-5,7,13,15-16H,6,8-9H2,1-2H3,(H,20,22,23)/t13-,15-,16-,29?/m1/s1. The van der Waals surface area contributed by atoms with Crippen molar-refractivity contribution in [1.82, 2.24) is 9.55 Å². The Kier molecular flexibility index (Phi) is 5.20. The lowest BCUT2D eigenvalue weighted by Gasteiger charge is -2.26. The maximum atomic E-state index is 14.4. The number of fused-ring (bicyclic) bond motifs is 1. The number of ether oxygens (including phenoxy) is 1. The summed E-state index contributed by atoms with van der Waals surface area (Å²) in [6.45, 7) is 3.08. The smallest absolute Gasteiger partial charge is 0.404 e. The zero-order valence-electron chi connectivity index (χ0n) is 15.8. The van der Waals surface area contributed by atoms with Gasteiger partial charge in [-0.2, -0.15) is 0 Å². The van der Waals surface area contributed by atoms with Crippen LogP contribution in [0.1, 0.15) is 29.3 Å². The summed E-state index contributed by atoms with van der Waals surface area (Å²) in [7, 11) is -3.92. The van der Waals surface area contributed by atoms with Crippen molar-refractivity contribution in [2.24, 2.45) is 0 Å². The van der Waals surface area contributed by atoms with Crippen LogP contribution < -0.4 is 15.8 Å². The molecule has 1 saturated heterocycles. The van der Waals surface area contributed by atoms with Crippen LogP contribution in [0.2, 0.25) is 0 Å². The molecule has 4 rings (SSSR count). The second-order valence-electron chi connectivity index (χ2n) is 7.02. The van der Waals surface area contributed by atoms with Gasteiger partial charge in [0.25, 0.3) is 5.56 Å². The fraction of sp³-hybridized carbons (Fsp3) is 0.444. The van der Waals surface area contributed by atoms with E-state index >= 15 is 0 Å². The van der Waals surface area contributed by atoms with Crippen LogP contribution in [0.25, 0.3) is 0 Å². The molecule has 0 bridgehead atoms. The van der Waals surface area contributed by atoms with Gasteiger partial charge in [0, 0.05) is 23.7 Å². The van der Waals surface area contributed by atoms with E-state index < -0.39 is 37.6 Å².